The molecule has 0 radical (unpaired) electrons. The fourth-order valence-electron chi connectivity index (χ4n) is 3.55. The maximum absolute atomic E-state index is 12.6. The van der Waals surface area contributed by atoms with E-state index in [9.17, 15) is 4.79 Å². The highest BCUT2D eigenvalue weighted by Gasteiger charge is 2.31. The van der Waals surface area contributed by atoms with Gasteiger partial charge in [-0.25, -0.2) is 0 Å². The molecule has 0 aliphatic carbocycles. The van der Waals surface area contributed by atoms with Crippen molar-refractivity contribution in [3.05, 3.63) is 54.1 Å². The zero-order chi connectivity index (χ0) is 19.4. The molecule has 1 unspecified atom stereocenters. The highest BCUT2D eigenvalue weighted by atomic mass is 16.5. The van der Waals surface area contributed by atoms with Crippen LogP contribution in [0.2, 0.25) is 0 Å². The van der Waals surface area contributed by atoms with Gasteiger partial charge < -0.3 is 25.4 Å². The summed E-state index contributed by atoms with van der Waals surface area (Å²) in [7, 11) is 0. The van der Waals surface area contributed by atoms with Gasteiger partial charge in [0.15, 0.2) is 0 Å². The van der Waals surface area contributed by atoms with Crippen LogP contribution in [-0.4, -0.2) is 43.9 Å². The molecule has 148 valence electrons. The summed E-state index contributed by atoms with van der Waals surface area (Å²) in [5.74, 6) is 0.728. The van der Waals surface area contributed by atoms with Gasteiger partial charge in [-0.05, 0) is 50.1 Å². The summed E-state index contributed by atoms with van der Waals surface area (Å²) in [5.41, 5.74) is 2.28. The van der Waals surface area contributed by atoms with Gasteiger partial charge in [0.25, 0.3) is 5.91 Å². The number of carbonyl (C=O) groups is 1. The molecule has 1 amide bonds. The molecule has 2 aromatic carbocycles. The van der Waals surface area contributed by atoms with Gasteiger partial charge in [-0.15, -0.1) is 0 Å². The fraction of sp³-hybridized carbons (Fsp3) is 0.409. The van der Waals surface area contributed by atoms with Crippen molar-refractivity contribution in [2.45, 2.75) is 31.3 Å². The number of nitrogens with one attached hydrogen (secondary N) is 3. The second kappa shape index (κ2) is 8.10. The smallest absolute Gasteiger partial charge is 0.251 e. The van der Waals surface area contributed by atoms with Gasteiger partial charge >= 0.3 is 0 Å². The van der Waals surface area contributed by atoms with Crippen LogP contribution in [0.15, 0.2) is 48.5 Å². The predicted molar refractivity (Wildman–Crippen MR) is 110 cm³/mol. The Morgan fingerprint density at radius 2 is 1.96 bits per heavy atom. The number of carbonyl (C=O) groups excluding carboxylic acids is 1. The third kappa shape index (κ3) is 4.39. The number of para-hydroxylation sites is 1. The maximum Gasteiger partial charge on any atom is 0.251 e. The zero-order valence-corrected chi connectivity index (χ0v) is 16.2. The maximum atomic E-state index is 12.6. The van der Waals surface area contributed by atoms with Crippen molar-refractivity contribution in [2.75, 3.05) is 37.0 Å². The first kappa shape index (κ1) is 18.6. The lowest BCUT2D eigenvalue weighted by Gasteiger charge is -2.37. The first-order valence-electron chi connectivity index (χ1n) is 9.84. The van der Waals surface area contributed by atoms with Crippen molar-refractivity contribution < 1.29 is 14.3 Å². The van der Waals surface area contributed by atoms with Crippen molar-refractivity contribution >= 4 is 17.3 Å². The quantitative estimate of drug-likeness (QED) is 0.741. The number of anilines is 2. The first-order valence-corrected chi connectivity index (χ1v) is 9.84. The molecule has 2 aromatic rings. The molecular weight excluding hydrogens is 354 g/mol. The van der Waals surface area contributed by atoms with Gasteiger partial charge in [-0.3, -0.25) is 4.79 Å². The van der Waals surface area contributed by atoms with Crippen LogP contribution in [0.5, 0.6) is 5.75 Å². The minimum Gasteiger partial charge on any atom is -0.489 e. The van der Waals surface area contributed by atoms with Crippen LogP contribution in [0.1, 0.15) is 30.1 Å². The van der Waals surface area contributed by atoms with E-state index in [1.807, 2.05) is 48.5 Å². The standard InChI is InChI=1S/C22H27N3O3/c1-22(14-23-17-5-3-2-4-6-17)15-28-20-8-7-16(13-19(20)25-22)21(26)24-18-9-11-27-12-10-18/h2-8,13,18,23,25H,9-12,14-15H2,1H3,(H,24,26). The normalized spacial score (nSPS) is 21.8. The summed E-state index contributed by atoms with van der Waals surface area (Å²) in [4.78, 5) is 12.6. The Morgan fingerprint density at radius 3 is 2.75 bits per heavy atom. The van der Waals surface area contributed by atoms with Crippen LogP contribution < -0.4 is 20.7 Å². The van der Waals surface area contributed by atoms with E-state index in [0.29, 0.717) is 31.9 Å². The molecule has 0 bridgehead atoms. The fourth-order valence-corrected chi connectivity index (χ4v) is 3.55. The van der Waals surface area contributed by atoms with Gasteiger partial charge in [0, 0.05) is 37.1 Å². The number of fused-ring (bicyclic) bond motifs is 1. The Hall–Kier alpha value is -2.73. The Morgan fingerprint density at radius 1 is 1.18 bits per heavy atom. The molecule has 1 saturated heterocycles. The van der Waals surface area contributed by atoms with E-state index < -0.39 is 0 Å². The number of rotatable bonds is 5. The van der Waals surface area contributed by atoms with E-state index in [2.05, 4.69) is 22.9 Å². The van der Waals surface area contributed by atoms with E-state index in [1.165, 1.54) is 0 Å². The number of amides is 1. The van der Waals surface area contributed by atoms with Crippen LogP contribution in [0, 0.1) is 0 Å². The largest absolute Gasteiger partial charge is 0.489 e. The number of hydrogen-bond donors (Lipinski definition) is 3. The molecule has 1 fully saturated rings. The molecular formula is C22H27N3O3. The number of hydrogen-bond acceptors (Lipinski definition) is 5. The third-order valence-corrected chi connectivity index (χ3v) is 5.24. The van der Waals surface area contributed by atoms with Gasteiger partial charge in [-0.2, -0.15) is 0 Å². The van der Waals surface area contributed by atoms with Crippen molar-refractivity contribution in [3.8, 4) is 5.75 Å². The van der Waals surface area contributed by atoms with Crippen molar-refractivity contribution in [1.82, 2.24) is 5.32 Å². The van der Waals surface area contributed by atoms with Gasteiger partial charge in [0.05, 0.1) is 11.2 Å². The summed E-state index contributed by atoms with van der Waals surface area (Å²) in [5, 5.41) is 10.1. The summed E-state index contributed by atoms with van der Waals surface area (Å²) < 4.78 is 11.3. The minimum absolute atomic E-state index is 0.0498. The highest BCUT2D eigenvalue weighted by Crippen LogP contribution is 2.33. The molecule has 0 saturated carbocycles. The monoisotopic (exact) mass is 381 g/mol. The summed E-state index contributed by atoms with van der Waals surface area (Å²) in [6, 6.07) is 15.8. The lowest BCUT2D eigenvalue weighted by molar-refractivity contribution is 0.0696. The highest BCUT2D eigenvalue weighted by molar-refractivity contribution is 5.96. The molecule has 2 heterocycles. The number of benzene rings is 2. The van der Waals surface area contributed by atoms with Crippen LogP contribution >= 0.6 is 0 Å². The van der Waals surface area contributed by atoms with E-state index in [0.717, 1.165) is 30.0 Å². The molecule has 3 N–H and O–H groups in total. The van der Waals surface area contributed by atoms with Crippen LogP contribution in [0.3, 0.4) is 0 Å². The Balaban J connectivity index is 1.42. The zero-order valence-electron chi connectivity index (χ0n) is 16.2. The summed E-state index contributed by atoms with van der Waals surface area (Å²) >= 11 is 0. The molecule has 6 nitrogen and oxygen atoms in total. The Bertz CT molecular complexity index is 821. The molecule has 6 heteroatoms. The first-order chi connectivity index (χ1) is 13.6. The van der Waals surface area contributed by atoms with Crippen LogP contribution in [0.4, 0.5) is 11.4 Å². The Kier molecular flexibility index (Phi) is 5.39. The second-order valence-corrected chi connectivity index (χ2v) is 7.76. The molecule has 2 aliphatic heterocycles. The van der Waals surface area contributed by atoms with E-state index in [-0.39, 0.29) is 17.5 Å². The lowest BCUT2D eigenvalue weighted by atomic mass is 10.00. The van der Waals surface area contributed by atoms with Crippen LogP contribution in [-0.2, 0) is 4.74 Å². The second-order valence-electron chi connectivity index (χ2n) is 7.76. The SMILES string of the molecule is CC1(CNc2ccccc2)COc2ccc(C(=O)NC3CCOCC3)cc2N1. The lowest BCUT2D eigenvalue weighted by Crippen LogP contribution is -2.49. The average molecular weight is 381 g/mol. The average Bonchev–Trinajstić information content (AvgIpc) is 2.73. The van der Waals surface area contributed by atoms with Crippen molar-refractivity contribution in [1.29, 1.82) is 0 Å². The molecule has 4 rings (SSSR count). The molecule has 1 atom stereocenters. The third-order valence-electron chi connectivity index (χ3n) is 5.24. The molecule has 0 spiro atoms. The van der Waals surface area contributed by atoms with E-state index >= 15 is 0 Å². The van der Waals surface area contributed by atoms with E-state index in [1.54, 1.807) is 0 Å². The number of ether oxygens (including phenoxy) is 2. The van der Waals surface area contributed by atoms with Crippen molar-refractivity contribution in [3.63, 3.8) is 0 Å². The van der Waals surface area contributed by atoms with Gasteiger partial charge in [0.1, 0.15) is 12.4 Å². The molecule has 28 heavy (non-hydrogen) atoms. The molecule has 2 aliphatic rings. The predicted octanol–water partition coefficient (Wildman–Crippen LogP) is 3.27. The van der Waals surface area contributed by atoms with Crippen molar-refractivity contribution in [2.24, 2.45) is 0 Å². The van der Waals surface area contributed by atoms with Gasteiger partial charge in [0.2, 0.25) is 0 Å². The minimum atomic E-state index is -0.279. The summed E-state index contributed by atoms with van der Waals surface area (Å²) in [6.45, 7) is 4.78. The van der Waals surface area contributed by atoms with Gasteiger partial charge in [-0.1, -0.05) is 18.2 Å². The topological polar surface area (TPSA) is 71.6 Å². The van der Waals surface area contributed by atoms with Crippen LogP contribution in [0.25, 0.3) is 0 Å². The Labute approximate surface area is 165 Å². The van der Waals surface area contributed by atoms with E-state index in [4.69, 9.17) is 9.47 Å². The molecule has 0 aromatic heterocycles. The summed E-state index contributed by atoms with van der Waals surface area (Å²) in [6.07, 6.45) is 1.72.